The first-order valence-electron chi connectivity index (χ1n) is 16.0. The molecule has 2 heterocycles. The number of rotatable bonds is 11. The summed E-state index contributed by atoms with van der Waals surface area (Å²) in [7, 11) is 3.49. The predicted molar refractivity (Wildman–Crippen MR) is 192 cm³/mol. The Morgan fingerprint density at radius 2 is 1.56 bits per heavy atom. The standard InChI is InChI=1S/C38H46Br2FN2O2/c1-37(2)30-24-28(39)14-16-32(30)42(20-8-22-44-5)34(37)18-12-26-10-7-11-27(36(26)41)13-19-35-38(3,4)31-25-29(40)15-17-33(31)43(35)21-9-23-45-6/h12-19,24-25H,7-11,20-23H2,1-6H3/q+1. The topological polar surface area (TPSA) is 24.7 Å². The zero-order valence-electron chi connectivity index (χ0n) is 27.5. The van der Waals surface area contributed by atoms with Crippen LogP contribution in [0.2, 0.25) is 0 Å². The molecule has 0 radical (unpaired) electrons. The molecule has 3 aliphatic rings. The quantitative estimate of drug-likeness (QED) is 0.169. The maximum atomic E-state index is 16.2. The number of benzene rings is 2. The monoisotopic (exact) mass is 739 g/mol. The van der Waals surface area contributed by atoms with Gasteiger partial charge >= 0.3 is 0 Å². The zero-order chi connectivity index (χ0) is 32.4. The van der Waals surface area contributed by atoms with E-state index in [0.717, 1.165) is 65.3 Å². The van der Waals surface area contributed by atoms with Gasteiger partial charge in [0.1, 0.15) is 5.83 Å². The molecule has 240 valence electrons. The molecule has 0 fully saturated rings. The fraction of sp³-hybridized carbons (Fsp3) is 0.447. The molecule has 2 aromatic carbocycles. The Labute approximate surface area is 285 Å². The second kappa shape index (κ2) is 14.2. The summed E-state index contributed by atoms with van der Waals surface area (Å²) in [5.41, 5.74) is 8.50. The van der Waals surface area contributed by atoms with Crippen LogP contribution in [-0.4, -0.2) is 50.8 Å². The average Bonchev–Trinajstić information content (AvgIpc) is 3.34. The van der Waals surface area contributed by atoms with Crippen LogP contribution in [0, 0.1) is 0 Å². The SMILES string of the molecule is COCCCN1/C(=C/C=C2\CCCC(/C=C/C3=[N+](CCCOC)c4ccc(Br)cc4C3(C)C)=C2F)C(C)(C)c2cc(Br)ccc21. The maximum Gasteiger partial charge on any atom is 0.209 e. The van der Waals surface area contributed by atoms with Gasteiger partial charge < -0.3 is 14.4 Å². The molecule has 2 aliphatic heterocycles. The van der Waals surface area contributed by atoms with Gasteiger partial charge in [0.05, 0.1) is 12.0 Å². The molecule has 7 heteroatoms. The van der Waals surface area contributed by atoms with Gasteiger partial charge in [-0.2, -0.15) is 4.58 Å². The molecule has 0 saturated heterocycles. The van der Waals surface area contributed by atoms with Crippen molar-refractivity contribution in [2.45, 2.75) is 70.6 Å². The fourth-order valence-corrected chi connectivity index (χ4v) is 7.80. The number of ether oxygens (including phenoxy) is 2. The molecule has 2 aromatic rings. The summed E-state index contributed by atoms with van der Waals surface area (Å²) in [6.45, 7) is 12.1. The van der Waals surface area contributed by atoms with Crippen LogP contribution in [0.5, 0.6) is 0 Å². The summed E-state index contributed by atoms with van der Waals surface area (Å²) in [4.78, 5) is 2.39. The van der Waals surface area contributed by atoms with Gasteiger partial charge in [-0.15, -0.1) is 0 Å². The van der Waals surface area contributed by atoms with E-state index in [-0.39, 0.29) is 16.7 Å². The molecule has 0 unspecified atom stereocenters. The highest BCUT2D eigenvalue weighted by Gasteiger charge is 2.44. The van der Waals surface area contributed by atoms with Crippen LogP contribution in [0.3, 0.4) is 0 Å². The van der Waals surface area contributed by atoms with Crippen LogP contribution in [0.25, 0.3) is 0 Å². The summed E-state index contributed by atoms with van der Waals surface area (Å²) >= 11 is 7.34. The van der Waals surface area contributed by atoms with Crippen molar-refractivity contribution in [3.63, 3.8) is 0 Å². The lowest BCUT2D eigenvalue weighted by atomic mass is 9.81. The second-order valence-corrected chi connectivity index (χ2v) is 15.1. The average molecular weight is 742 g/mol. The fourth-order valence-electron chi connectivity index (χ4n) is 7.08. The number of halogens is 3. The van der Waals surface area contributed by atoms with E-state index >= 15 is 4.39 Å². The molecule has 0 atom stereocenters. The summed E-state index contributed by atoms with van der Waals surface area (Å²) in [5, 5.41) is 0. The first kappa shape index (κ1) is 34.0. The smallest absolute Gasteiger partial charge is 0.209 e. The van der Waals surface area contributed by atoms with Gasteiger partial charge in [0.15, 0.2) is 12.3 Å². The molecule has 0 bridgehead atoms. The van der Waals surface area contributed by atoms with E-state index in [2.05, 4.69) is 118 Å². The minimum Gasteiger partial charge on any atom is -0.385 e. The minimum atomic E-state index is -0.207. The van der Waals surface area contributed by atoms with Crippen molar-refractivity contribution >= 4 is 48.9 Å². The van der Waals surface area contributed by atoms with E-state index in [1.165, 1.54) is 33.9 Å². The van der Waals surface area contributed by atoms with Crippen molar-refractivity contribution in [1.29, 1.82) is 0 Å². The predicted octanol–water partition coefficient (Wildman–Crippen LogP) is 10.2. The third kappa shape index (κ3) is 6.88. The Bertz CT molecular complexity index is 1600. The lowest BCUT2D eigenvalue weighted by Gasteiger charge is -2.27. The first-order valence-corrected chi connectivity index (χ1v) is 17.6. The van der Waals surface area contributed by atoms with E-state index in [1.807, 2.05) is 12.2 Å². The molecule has 0 spiro atoms. The van der Waals surface area contributed by atoms with Gasteiger partial charge in [-0.1, -0.05) is 51.8 Å². The second-order valence-electron chi connectivity index (χ2n) is 13.2. The number of fused-ring (bicyclic) bond motifs is 2. The Kier molecular flexibility index (Phi) is 10.7. The largest absolute Gasteiger partial charge is 0.385 e. The van der Waals surface area contributed by atoms with E-state index in [4.69, 9.17) is 9.47 Å². The maximum absolute atomic E-state index is 16.2. The van der Waals surface area contributed by atoms with Crippen LogP contribution in [0.1, 0.15) is 70.9 Å². The van der Waals surface area contributed by atoms with Gasteiger partial charge in [-0.3, -0.25) is 0 Å². The minimum absolute atomic E-state index is 0.0843. The Morgan fingerprint density at radius 3 is 2.29 bits per heavy atom. The highest BCUT2D eigenvalue weighted by atomic mass is 79.9. The van der Waals surface area contributed by atoms with Gasteiger partial charge in [-0.05, 0) is 98.7 Å². The Hall–Kier alpha value is -2.32. The number of anilines is 1. The number of allylic oxidation sites excluding steroid dienone is 8. The molecule has 0 amide bonds. The van der Waals surface area contributed by atoms with Crippen LogP contribution in [-0.2, 0) is 20.3 Å². The van der Waals surface area contributed by atoms with Gasteiger partial charge in [0, 0.05) is 77.2 Å². The molecule has 4 nitrogen and oxygen atoms in total. The molecule has 0 N–H and O–H groups in total. The molecule has 0 aromatic heterocycles. The lowest BCUT2D eigenvalue weighted by Crippen LogP contribution is -2.28. The summed E-state index contributed by atoms with van der Waals surface area (Å²) in [5.74, 6) is -0.0843. The van der Waals surface area contributed by atoms with Crippen LogP contribution in [0.4, 0.5) is 15.8 Å². The number of hydrogen-bond donors (Lipinski definition) is 0. The van der Waals surface area contributed by atoms with Crippen molar-refractivity contribution in [1.82, 2.24) is 0 Å². The Morgan fingerprint density at radius 1 is 0.867 bits per heavy atom. The number of nitrogens with zero attached hydrogens (tertiary/aromatic N) is 2. The van der Waals surface area contributed by atoms with E-state index in [9.17, 15) is 0 Å². The molecule has 1 aliphatic carbocycles. The Balaban J connectivity index is 1.48. The van der Waals surface area contributed by atoms with Crippen molar-refractivity contribution < 1.29 is 18.4 Å². The van der Waals surface area contributed by atoms with Gasteiger partial charge in [0.25, 0.3) is 0 Å². The molecule has 0 saturated carbocycles. The number of methoxy groups -OCH3 is 2. The third-order valence-electron chi connectivity index (χ3n) is 9.51. The third-order valence-corrected chi connectivity index (χ3v) is 10.5. The summed E-state index contributed by atoms with van der Waals surface area (Å²) in [6, 6.07) is 13.0. The first-order chi connectivity index (χ1) is 21.5. The highest BCUT2D eigenvalue weighted by molar-refractivity contribution is 9.10. The highest BCUT2D eigenvalue weighted by Crippen LogP contribution is 2.49. The van der Waals surface area contributed by atoms with Crippen molar-refractivity contribution in [2.75, 3.05) is 45.4 Å². The van der Waals surface area contributed by atoms with Crippen LogP contribution < -0.4 is 4.90 Å². The summed E-state index contributed by atoms with van der Waals surface area (Å²) in [6.07, 6.45) is 12.6. The van der Waals surface area contributed by atoms with Crippen molar-refractivity contribution in [3.05, 3.63) is 103 Å². The van der Waals surface area contributed by atoms with E-state index < -0.39 is 0 Å². The van der Waals surface area contributed by atoms with Crippen LogP contribution >= 0.6 is 31.9 Å². The molecule has 5 rings (SSSR count). The van der Waals surface area contributed by atoms with Gasteiger partial charge in [-0.25, -0.2) is 4.39 Å². The van der Waals surface area contributed by atoms with E-state index in [1.54, 1.807) is 14.2 Å². The van der Waals surface area contributed by atoms with Crippen molar-refractivity contribution in [2.24, 2.45) is 0 Å². The van der Waals surface area contributed by atoms with Crippen molar-refractivity contribution in [3.8, 4) is 0 Å². The molecular weight excluding hydrogens is 695 g/mol. The molecular formula is C38H46Br2FN2O2+. The van der Waals surface area contributed by atoms with Gasteiger partial charge in [0.2, 0.25) is 5.69 Å². The molecule has 45 heavy (non-hydrogen) atoms. The zero-order valence-corrected chi connectivity index (χ0v) is 30.7. The number of hydrogen-bond acceptors (Lipinski definition) is 3. The normalized spacial score (nSPS) is 20.7. The summed E-state index contributed by atoms with van der Waals surface area (Å²) < 4.78 is 31.5. The van der Waals surface area contributed by atoms with E-state index in [0.29, 0.717) is 13.2 Å². The van der Waals surface area contributed by atoms with Crippen LogP contribution in [0.15, 0.2) is 92.3 Å². The lowest BCUT2D eigenvalue weighted by molar-refractivity contribution is -0.438.